The van der Waals surface area contributed by atoms with Crippen LogP contribution in [0.4, 0.5) is 4.39 Å². The van der Waals surface area contributed by atoms with Crippen LogP contribution in [0.3, 0.4) is 0 Å². The van der Waals surface area contributed by atoms with Crippen LogP contribution < -0.4 is 0 Å². The van der Waals surface area contributed by atoms with Crippen LogP contribution in [0.2, 0.25) is 0 Å². The van der Waals surface area contributed by atoms with Crippen LogP contribution in [0.1, 0.15) is 15.9 Å². The van der Waals surface area contributed by atoms with Crippen molar-refractivity contribution in [2.45, 2.75) is 6.42 Å². The highest BCUT2D eigenvalue weighted by Gasteiger charge is 2.10. The molecule has 0 radical (unpaired) electrons. The number of halogens is 2. The van der Waals surface area contributed by atoms with Crippen molar-refractivity contribution in [3.8, 4) is 0 Å². The molecule has 0 atom stereocenters. The normalized spacial score (nSPS) is 10.2. The van der Waals surface area contributed by atoms with Crippen molar-refractivity contribution in [3.05, 3.63) is 69.0 Å². The molecule has 1 nitrogen and oxygen atoms in total. The Hall–Kier alpha value is -1.23. The molecule has 0 aliphatic carbocycles. The highest BCUT2D eigenvalue weighted by atomic mass is 127. The van der Waals surface area contributed by atoms with Gasteiger partial charge in [0.1, 0.15) is 5.82 Å². The van der Waals surface area contributed by atoms with Gasteiger partial charge in [0.05, 0.1) is 0 Å². The van der Waals surface area contributed by atoms with Crippen LogP contribution in [0, 0.1) is 9.39 Å². The van der Waals surface area contributed by atoms with Crippen LogP contribution in [0.5, 0.6) is 0 Å². The van der Waals surface area contributed by atoms with Gasteiger partial charge in [0.15, 0.2) is 5.78 Å². The molecule has 0 fully saturated rings. The summed E-state index contributed by atoms with van der Waals surface area (Å²) in [6, 6.07) is 13.7. The van der Waals surface area contributed by atoms with Crippen molar-refractivity contribution in [2.75, 3.05) is 0 Å². The zero-order valence-corrected chi connectivity index (χ0v) is 11.1. The molecule has 0 N–H and O–H groups in total. The summed E-state index contributed by atoms with van der Waals surface area (Å²) < 4.78 is 14.4. The van der Waals surface area contributed by atoms with E-state index in [1.165, 1.54) is 6.07 Å². The number of carbonyl (C=O) groups excluding carboxylic acids is 1. The smallest absolute Gasteiger partial charge is 0.167 e. The highest BCUT2D eigenvalue weighted by molar-refractivity contribution is 14.1. The van der Waals surface area contributed by atoms with E-state index in [0.29, 0.717) is 11.1 Å². The number of carbonyl (C=O) groups is 1. The lowest BCUT2D eigenvalue weighted by Crippen LogP contribution is -2.05. The van der Waals surface area contributed by atoms with Crippen LogP contribution in [-0.4, -0.2) is 5.78 Å². The lowest BCUT2D eigenvalue weighted by Gasteiger charge is -2.03. The fourth-order valence-electron chi connectivity index (χ4n) is 1.58. The second-order valence-electron chi connectivity index (χ2n) is 3.70. The Morgan fingerprint density at radius 1 is 1.12 bits per heavy atom. The van der Waals surface area contributed by atoms with E-state index in [-0.39, 0.29) is 18.0 Å². The van der Waals surface area contributed by atoms with Gasteiger partial charge in [-0.3, -0.25) is 4.79 Å². The molecule has 2 aromatic carbocycles. The Kier molecular flexibility index (Phi) is 3.89. The number of rotatable bonds is 3. The molecule has 2 rings (SSSR count). The minimum absolute atomic E-state index is 0.0615. The molecule has 0 aliphatic heterocycles. The summed E-state index contributed by atoms with van der Waals surface area (Å²) in [6.45, 7) is 0. The first-order valence-corrected chi connectivity index (χ1v) is 6.27. The first-order valence-electron chi connectivity index (χ1n) is 5.19. The third kappa shape index (κ3) is 3.12. The Balaban J connectivity index is 2.20. The molecule has 0 aromatic heterocycles. The van der Waals surface area contributed by atoms with Gasteiger partial charge in [-0.2, -0.15) is 0 Å². The van der Waals surface area contributed by atoms with Gasteiger partial charge in [-0.05, 0) is 46.4 Å². The highest BCUT2D eigenvalue weighted by Crippen LogP contribution is 2.13. The van der Waals surface area contributed by atoms with Crippen molar-refractivity contribution >= 4 is 28.4 Å². The standard InChI is InChI=1S/C14H10FIO/c15-13-7-2-1-4-10(13)9-14(17)11-5-3-6-12(16)8-11/h1-8H,9H2. The summed E-state index contributed by atoms with van der Waals surface area (Å²) in [6.07, 6.45) is 0.104. The Morgan fingerprint density at radius 2 is 1.88 bits per heavy atom. The molecule has 0 saturated heterocycles. The minimum Gasteiger partial charge on any atom is -0.294 e. The topological polar surface area (TPSA) is 17.1 Å². The predicted octanol–water partition coefficient (Wildman–Crippen LogP) is 3.86. The summed E-state index contributed by atoms with van der Waals surface area (Å²) in [5, 5.41) is 0. The first-order chi connectivity index (χ1) is 8.16. The van der Waals surface area contributed by atoms with Crippen LogP contribution in [0.25, 0.3) is 0 Å². The van der Waals surface area contributed by atoms with Gasteiger partial charge in [0.2, 0.25) is 0 Å². The molecule has 0 unspecified atom stereocenters. The average molecular weight is 340 g/mol. The van der Waals surface area contributed by atoms with Gasteiger partial charge < -0.3 is 0 Å². The summed E-state index contributed by atoms with van der Waals surface area (Å²) in [7, 11) is 0. The predicted molar refractivity (Wildman–Crippen MR) is 73.6 cm³/mol. The maximum absolute atomic E-state index is 13.4. The molecule has 0 heterocycles. The summed E-state index contributed by atoms with van der Waals surface area (Å²) in [5.74, 6) is -0.389. The van der Waals surface area contributed by atoms with Crippen molar-refractivity contribution in [3.63, 3.8) is 0 Å². The molecule has 0 spiro atoms. The van der Waals surface area contributed by atoms with Gasteiger partial charge in [-0.15, -0.1) is 0 Å². The van der Waals surface area contributed by atoms with Gasteiger partial charge in [-0.1, -0.05) is 30.3 Å². The van der Waals surface area contributed by atoms with Gasteiger partial charge in [0, 0.05) is 15.6 Å². The molecular weight excluding hydrogens is 330 g/mol. The Labute approximate surface area is 113 Å². The quantitative estimate of drug-likeness (QED) is 0.613. The van der Waals surface area contributed by atoms with Gasteiger partial charge in [-0.25, -0.2) is 4.39 Å². The maximum Gasteiger partial charge on any atom is 0.167 e. The maximum atomic E-state index is 13.4. The fraction of sp³-hybridized carbons (Fsp3) is 0.0714. The van der Waals surface area contributed by atoms with Crippen LogP contribution in [0.15, 0.2) is 48.5 Å². The van der Waals surface area contributed by atoms with E-state index in [1.54, 1.807) is 24.3 Å². The third-order valence-corrected chi connectivity index (χ3v) is 3.13. The van der Waals surface area contributed by atoms with Crippen molar-refractivity contribution in [2.24, 2.45) is 0 Å². The molecule has 0 bridgehead atoms. The van der Waals surface area contributed by atoms with Crippen LogP contribution >= 0.6 is 22.6 Å². The van der Waals surface area contributed by atoms with E-state index in [0.717, 1.165) is 3.57 Å². The molecule has 3 heteroatoms. The van der Waals surface area contributed by atoms with Crippen molar-refractivity contribution < 1.29 is 9.18 Å². The molecular formula is C14H10FIO. The monoisotopic (exact) mass is 340 g/mol. The lowest BCUT2D eigenvalue weighted by atomic mass is 10.0. The summed E-state index contributed by atoms with van der Waals surface area (Å²) in [5.41, 5.74) is 1.07. The van der Waals surface area contributed by atoms with Gasteiger partial charge >= 0.3 is 0 Å². The molecule has 0 saturated carbocycles. The fourth-order valence-corrected chi connectivity index (χ4v) is 2.12. The van der Waals surface area contributed by atoms with Crippen LogP contribution in [-0.2, 0) is 6.42 Å². The largest absolute Gasteiger partial charge is 0.294 e. The van der Waals surface area contributed by atoms with E-state index in [9.17, 15) is 9.18 Å². The lowest BCUT2D eigenvalue weighted by molar-refractivity contribution is 0.0992. The first kappa shape index (κ1) is 12.2. The van der Waals surface area contributed by atoms with E-state index in [2.05, 4.69) is 22.6 Å². The van der Waals surface area contributed by atoms with E-state index in [1.807, 2.05) is 18.2 Å². The summed E-state index contributed by atoms with van der Waals surface area (Å²) in [4.78, 5) is 11.9. The molecule has 2 aromatic rings. The number of hydrogen-bond acceptors (Lipinski definition) is 1. The molecule has 0 amide bonds. The molecule has 17 heavy (non-hydrogen) atoms. The number of Topliss-reactive ketones (excluding diaryl/α,β-unsaturated/α-hetero) is 1. The number of benzene rings is 2. The van der Waals surface area contributed by atoms with E-state index in [4.69, 9.17) is 0 Å². The molecule has 86 valence electrons. The van der Waals surface area contributed by atoms with E-state index < -0.39 is 0 Å². The zero-order valence-electron chi connectivity index (χ0n) is 8.99. The van der Waals surface area contributed by atoms with Gasteiger partial charge in [0.25, 0.3) is 0 Å². The SMILES string of the molecule is O=C(Cc1ccccc1F)c1cccc(I)c1. The minimum atomic E-state index is -0.327. The Bertz CT molecular complexity index is 551. The van der Waals surface area contributed by atoms with Crippen molar-refractivity contribution in [1.82, 2.24) is 0 Å². The Morgan fingerprint density at radius 3 is 2.59 bits per heavy atom. The summed E-state index contributed by atoms with van der Waals surface area (Å²) >= 11 is 2.15. The number of hydrogen-bond donors (Lipinski definition) is 0. The molecule has 0 aliphatic rings. The van der Waals surface area contributed by atoms with E-state index >= 15 is 0 Å². The third-order valence-electron chi connectivity index (χ3n) is 2.46. The second kappa shape index (κ2) is 5.40. The second-order valence-corrected chi connectivity index (χ2v) is 4.95. The van der Waals surface area contributed by atoms with Crippen molar-refractivity contribution in [1.29, 1.82) is 0 Å². The number of ketones is 1. The zero-order chi connectivity index (χ0) is 12.3. The average Bonchev–Trinajstić information content (AvgIpc) is 2.32.